The first-order chi connectivity index (χ1) is 12.5. The number of anilines is 1. The number of halogens is 1. The van der Waals surface area contributed by atoms with Gasteiger partial charge in [-0.3, -0.25) is 9.59 Å². The second-order valence-electron chi connectivity index (χ2n) is 6.87. The second-order valence-corrected chi connectivity index (χ2v) is 7.30. The van der Waals surface area contributed by atoms with Crippen molar-refractivity contribution >= 4 is 34.7 Å². The third-order valence-electron chi connectivity index (χ3n) is 5.35. The van der Waals surface area contributed by atoms with Gasteiger partial charge in [0.15, 0.2) is 0 Å². The number of carbonyl (C=O) groups is 2. The molecule has 2 aromatic carbocycles. The summed E-state index contributed by atoms with van der Waals surface area (Å²) < 4.78 is 0. The summed E-state index contributed by atoms with van der Waals surface area (Å²) in [6, 6.07) is 16.1. The maximum atomic E-state index is 13.2. The number of hydrogen-bond donors (Lipinski definition) is 1. The van der Waals surface area contributed by atoms with Crippen LogP contribution in [0.3, 0.4) is 0 Å². The summed E-state index contributed by atoms with van der Waals surface area (Å²) in [4.78, 5) is 26.9. The van der Waals surface area contributed by atoms with Crippen molar-refractivity contribution in [1.82, 2.24) is 0 Å². The van der Waals surface area contributed by atoms with Crippen molar-refractivity contribution in [2.45, 2.75) is 13.0 Å². The van der Waals surface area contributed by atoms with Gasteiger partial charge in [0.05, 0.1) is 17.9 Å². The molecule has 26 heavy (non-hydrogen) atoms. The lowest BCUT2D eigenvalue weighted by Crippen LogP contribution is -2.40. The van der Waals surface area contributed by atoms with Crippen LogP contribution in [0.1, 0.15) is 12.5 Å². The molecule has 0 aromatic heterocycles. The zero-order valence-electron chi connectivity index (χ0n) is 14.2. The quantitative estimate of drug-likeness (QED) is 0.888. The van der Waals surface area contributed by atoms with Gasteiger partial charge in [-0.1, -0.05) is 54.9 Å². The number of carboxylic acid groups (broad SMARTS) is 1. The molecule has 0 radical (unpaired) electrons. The molecule has 2 aliphatic rings. The van der Waals surface area contributed by atoms with E-state index in [4.69, 9.17) is 11.6 Å². The molecule has 5 heteroatoms. The summed E-state index contributed by atoms with van der Waals surface area (Å²) >= 11 is 5.98. The van der Waals surface area contributed by atoms with E-state index in [0.717, 1.165) is 11.1 Å². The van der Waals surface area contributed by atoms with Crippen LogP contribution in [0.2, 0.25) is 5.02 Å². The summed E-state index contributed by atoms with van der Waals surface area (Å²) in [5.41, 5.74) is 2.51. The van der Waals surface area contributed by atoms with Crippen molar-refractivity contribution in [2.75, 3.05) is 4.90 Å². The molecule has 4 atom stereocenters. The van der Waals surface area contributed by atoms with Gasteiger partial charge in [-0.05, 0) is 41.3 Å². The maximum Gasteiger partial charge on any atom is 0.309 e. The number of carboxylic acids is 1. The summed E-state index contributed by atoms with van der Waals surface area (Å²) in [6.45, 7) is 1.92. The standard InChI is InChI=1S/C21H18ClNO3/c1-12-11-16(13-5-3-2-4-6-13)19-18(21(25)26)17(12)20(24)23(19)15-9-7-14(22)8-10-15/h2-12,17-19H,1H3,(H,25,26). The molecule has 2 bridgehead atoms. The topological polar surface area (TPSA) is 57.6 Å². The SMILES string of the molecule is CC1C=C(c2ccccc2)C2C(C(=O)O)C1C(=O)N2c1ccc(Cl)cc1. The molecule has 1 fully saturated rings. The van der Waals surface area contributed by atoms with E-state index >= 15 is 0 Å². The molecule has 2 aromatic rings. The molecule has 1 heterocycles. The number of benzene rings is 2. The predicted molar refractivity (Wildman–Crippen MR) is 101 cm³/mol. The molecular weight excluding hydrogens is 350 g/mol. The van der Waals surface area contributed by atoms with Gasteiger partial charge in [0.25, 0.3) is 0 Å². The van der Waals surface area contributed by atoms with E-state index in [1.54, 1.807) is 29.2 Å². The Labute approximate surface area is 156 Å². The summed E-state index contributed by atoms with van der Waals surface area (Å²) in [5, 5.41) is 10.5. The second kappa shape index (κ2) is 6.29. The minimum absolute atomic E-state index is 0.139. The van der Waals surface area contributed by atoms with Crippen LogP contribution in [0.15, 0.2) is 60.7 Å². The van der Waals surface area contributed by atoms with Gasteiger partial charge in [0, 0.05) is 10.7 Å². The fourth-order valence-electron chi connectivity index (χ4n) is 4.25. The molecule has 1 aliphatic carbocycles. The van der Waals surface area contributed by atoms with Gasteiger partial charge in [-0.25, -0.2) is 0 Å². The van der Waals surface area contributed by atoms with E-state index in [-0.39, 0.29) is 11.8 Å². The van der Waals surface area contributed by atoms with Gasteiger partial charge >= 0.3 is 5.97 Å². The fraction of sp³-hybridized carbons (Fsp3) is 0.238. The Morgan fingerprint density at radius 3 is 2.35 bits per heavy atom. The highest BCUT2D eigenvalue weighted by Gasteiger charge is 2.57. The molecular formula is C21H18ClNO3. The van der Waals surface area contributed by atoms with E-state index in [9.17, 15) is 14.7 Å². The van der Waals surface area contributed by atoms with Crippen molar-refractivity contribution in [3.63, 3.8) is 0 Å². The summed E-state index contributed by atoms with van der Waals surface area (Å²) in [7, 11) is 0. The number of fused-ring (bicyclic) bond motifs is 2. The summed E-state index contributed by atoms with van der Waals surface area (Å²) in [6.07, 6.45) is 2.05. The Kier molecular flexibility index (Phi) is 4.08. The Bertz CT molecular complexity index is 891. The number of amides is 1. The Hall–Kier alpha value is -2.59. The molecule has 0 saturated carbocycles. The van der Waals surface area contributed by atoms with E-state index < -0.39 is 23.8 Å². The molecule has 1 amide bonds. The number of allylic oxidation sites excluding steroid dienone is 1. The van der Waals surface area contributed by atoms with Crippen LogP contribution in [0.25, 0.3) is 5.57 Å². The minimum Gasteiger partial charge on any atom is -0.481 e. The molecule has 0 spiro atoms. The lowest BCUT2D eigenvalue weighted by molar-refractivity contribution is -0.145. The van der Waals surface area contributed by atoms with Gasteiger partial charge < -0.3 is 10.0 Å². The molecule has 4 rings (SSSR count). The number of nitrogens with zero attached hydrogens (tertiary/aromatic N) is 1. The van der Waals surface area contributed by atoms with Crippen LogP contribution in [-0.2, 0) is 9.59 Å². The Morgan fingerprint density at radius 2 is 1.73 bits per heavy atom. The van der Waals surface area contributed by atoms with E-state index in [1.807, 2.05) is 37.3 Å². The maximum absolute atomic E-state index is 13.2. The van der Waals surface area contributed by atoms with E-state index in [1.165, 1.54) is 0 Å². The Morgan fingerprint density at radius 1 is 1.08 bits per heavy atom. The van der Waals surface area contributed by atoms with Gasteiger partial charge in [-0.2, -0.15) is 0 Å². The third-order valence-corrected chi connectivity index (χ3v) is 5.60. The van der Waals surface area contributed by atoms with Crippen molar-refractivity contribution in [3.05, 3.63) is 71.3 Å². The predicted octanol–water partition coefficient (Wildman–Crippen LogP) is 4.11. The first-order valence-electron chi connectivity index (χ1n) is 8.57. The van der Waals surface area contributed by atoms with E-state index in [0.29, 0.717) is 10.7 Å². The molecule has 132 valence electrons. The molecule has 4 unspecified atom stereocenters. The van der Waals surface area contributed by atoms with Crippen molar-refractivity contribution < 1.29 is 14.7 Å². The van der Waals surface area contributed by atoms with Crippen molar-refractivity contribution in [3.8, 4) is 0 Å². The first kappa shape index (κ1) is 16.9. The number of rotatable bonds is 3. The number of aliphatic carboxylic acids is 1. The van der Waals surface area contributed by atoms with Crippen LogP contribution in [-0.4, -0.2) is 23.0 Å². The highest BCUT2D eigenvalue weighted by Crippen LogP contribution is 2.49. The van der Waals surface area contributed by atoms with Gasteiger partial charge in [0.2, 0.25) is 5.91 Å². The number of hydrogen-bond acceptors (Lipinski definition) is 2. The van der Waals surface area contributed by atoms with Crippen LogP contribution in [0.5, 0.6) is 0 Å². The molecule has 4 nitrogen and oxygen atoms in total. The highest BCUT2D eigenvalue weighted by atomic mass is 35.5. The van der Waals surface area contributed by atoms with Gasteiger partial charge in [-0.15, -0.1) is 0 Å². The Balaban J connectivity index is 1.89. The van der Waals surface area contributed by atoms with Crippen LogP contribution in [0, 0.1) is 17.8 Å². The molecule has 1 N–H and O–H groups in total. The average Bonchev–Trinajstić information content (AvgIpc) is 2.89. The van der Waals surface area contributed by atoms with Crippen molar-refractivity contribution in [1.29, 1.82) is 0 Å². The lowest BCUT2D eigenvalue weighted by atomic mass is 9.72. The van der Waals surface area contributed by atoms with Crippen molar-refractivity contribution in [2.24, 2.45) is 17.8 Å². The normalized spacial score (nSPS) is 27.4. The largest absolute Gasteiger partial charge is 0.481 e. The number of carbonyl (C=O) groups excluding carboxylic acids is 1. The van der Waals surface area contributed by atoms with E-state index in [2.05, 4.69) is 6.08 Å². The average molecular weight is 368 g/mol. The lowest BCUT2D eigenvalue weighted by Gasteiger charge is -2.32. The third kappa shape index (κ3) is 2.53. The van der Waals surface area contributed by atoms with Gasteiger partial charge in [0.1, 0.15) is 0 Å². The zero-order valence-corrected chi connectivity index (χ0v) is 14.9. The van der Waals surface area contributed by atoms with Crippen LogP contribution >= 0.6 is 11.6 Å². The minimum atomic E-state index is -0.932. The van der Waals surface area contributed by atoms with Crippen LogP contribution < -0.4 is 4.90 Å². The smallest absolute Gasteiger partial charge is 0.309 e. The zero-order chi connectivity index (χ0) is 18.4. The fourth-order valence-corrected chi connectivity index (χ4v) is 4.38. The highest BCUT2D eigenvalue weighted by molar-refractivity contribution is 6.30. The first-order valence-corrected chi connectivity index (χ1v) is 8.95. The molecule has 1 aliphatic heterocycles. The monoisotopic (exact) mass is 367 g/mol. The summed E-state index contributed by atoms with van der Waals surface area (Å²) in [5.74, 6) is -2.54. The molecule has 1 saturated heterocycles. The van der Waals surface area contributed by atoms with Crippen LogP contribution in [0.4, 0.5) is 5.69 Å².